The Bertz CT molecular complexity index is 298. The van der Waals surface area contributed by atoms with Crippen molar-refractivity contribution in [2.45, 2.75) is 6.92 Å². The molecule has 4 heteroatoms. The van der Waals surface area contributed by atoms with Gasteiger partial charge in [0.25, 0.3) is 5.24 Å². The van der Waals surface area contributed by atoms with Crippen LogP contribution in [0.1, 0.15) is 16.1 Å². The highest BCUT2D eigenvalue weighted by molar-refractivity contribution is 6.67. The molecule has 0 radical (unpaired) electrons. The van der Waals surface area contributed by atoms with Crippen LogP contribution in [0.15, 0.2) is 12.3 Å². The Morgan fingerprint density at radius 3 is 2.73 bits per heavy atom. The van der Waals surface area contributed by atoms with Gasteiger partial charge in [0.05, 0.1) is 5.02 Å². The number of pyridine rings is 1. The van der Waals surface area contributed by atoms with Crippen molar-refractivity contribution in [3.05, 3.63) is 28.5 Å². The largest absolute Gasteiger partial charge is 0.274 e. The van der Waals surface area contributed by atoms with E-state index in [0.29, 0.717) is 10.6 Å². The fourth-order valence-corrected chi connectivity index (χ4v) is 1.16. The molecule has 0 atom stereocenters. The molecule has 0 aromatic carbocycles. The second kappa shape index (κ2) is 3.20. The van der Waals surface area contributed by atoms with Crippen LogP contribution in [-0.2, 0) is 0 Å². The van der Waals surface area contributed by atoms with E-state index in [4.69, 9.17) is 23.2 Å². The van der Waals surface area contributed by atoms with Gasteiger partial charge < -0.3 is 0 Å². The maximum absolute atomic E-state index is 10.6. The van der Waals surface area contributed by atoms with E-state index in [1.54, 1.807) is 13.0 Å². The summed E-state index contributed by atoms with van der Waals surface area (Å²) in [5.74, 6) is 0. The third kappa shape index (κ3) is 1.91. The van der Waals surface area contributed by atoms with Gasteiger partial charge in [0.15, 0.2) is 0 Å². The Kier molecular flexibility index (Phi) is 2.47. The zero-order valence-electron chi connectivity index (χ0n) is 5.77. The number of carbonyl (C=O) groups excluding carboxylic acids is 1. The molecule has 0 aliphatic heterocycles. The molecular formula is C7H5Cl2NO. The van der Waals surface area contributed by atoms with Crippen LogP contribution in [-0.4, -0.2) is 10.2 Å². The molecule has 0 aliphatic carbocycles. The number of hydrogen-bond donors (Lipinski definition) is 0. The molecule has 2 nitrogen and oxygen atoms in total. The molecule has 0 saturated carbocycles. The summed E-state index contributed by atoms with van der Waals surface area (Å²) in [4.78, 5) is 14.4. The van der Waals surface area contributed by atoms with Gasteiger partial charge in [-0.1, -0.05) is 11.6 Å². The molecule has 11 heavy (non-hydrogen) atoms. The summed E-state index contributed by atoms with van der Waals surface area (Å²) in [5.41, 5.74) is 0.952. The lowest BCUT2D eigenvalue weighted by Gasteiger charge is -1.97. The molecule has 0 aliphatic rings. The van der Waals surface area contributed by atoms with Crippen molar-refractivity contribution < 1.29 is 4.79 Å². The fraction of sp³-hybridized carbons (Fsp3) is 0.143. The minimum absolute atomic E-state index is 0.260. The van der Waals surface area contributed by atoms with E-state index in [2.05, 4.69) is 4.98 Å². The topological polar surface area (TPSA) is 30.0 Å². The number of aromatic nitrogens is 1. The van der Waals surface area contributed by atoms with Gasteiger partial charge >= 0.3 is 0 Å². The van der Waals surface area contributed by atoms with E-state index < -0.39 is 5.24 Å². The Morgan fingerprint density at radius 1 is 1.64 bits per heavy atom. The first-order valence-corrected chi connectivity index (χ1v) is 3.69. The fourth-order valence-electron chi connectivity index (χ4n) is 0.746. The molecule has 0 spiro atoms. The normalized spacial score (nSPS) is 9.73. The van der Waals surface area contributed by atoms with E-state index in [1.807, 2.05) is 0 Å². The summed E-state index contributed by atoms with van der Waals surface area (Å²) in [7, 11) is 0. The number of nitrogens with zero attached hydrogens (tertiary/aromatic N) is 1. The van der Waals surface area contributed by atoms with Gasteiger partial charge in [-0.15, -0.1) is 0 Å². The van der Waals surface area contributed by atoms with Crippen LogP contribution in [0.4, 0.5) is 0 Å². The van der Waals surface area contributed by atoms with Crippen molar-refractivity contribution in [1.29, 1.82) is 0 Å². The van der Waals surface area contributed by atoms with Crippen molar-refractivity contribution >= 4 is 28.4 Å². The quantitative estimate of drug-likeness (QED) is 0.636. The number of halogens is 2. The Labute approximate surface area is 74.1 Å². The summed E-state index contributed by atoms with van der Waals surface area (Å²) < 4.78 is 0. The summed E-state index contributed by atoms with van der Waals surface area (Å²) >= 11 is 10.8. The molecule has 0 fully saturated rings. The van der Waals surface area contributed by atoms with E-state index in [9.17, 15) is 4.79 Å². The van der Waals surface area contributed by atoms with Gasteiger partial charge in [-0.25, -0.2) is 4.98 Å². The molecule has 0 bridgehead atoms. The van der Waals surface area contributed by atoms with Crippen molar-refractivity contribution in [2.24, 2.45) is 0 Å². The zero-order chi connectivity index (χ0) is 8.43. The molecule has 0 saturated heterocycles. The smallest absolute Gasteiger partial charge is 0.271 e. The van der Waals surface area contributed by atoms with E-state index in [1.165, 1.54) is 6.20 Å². The van der Waals surface area contributed by atoms with Crippen molar-refractivity contribution in [2.75, 3.05) is 0 Å². The lowest BCUT2D eigenvalue weighted by molar-refractivity contribution is 0.107. The highest BCUT2D eigenvalue weighted by Crippen LogP contribution is 2.13. The first-order chi connectivity index (χ1) is 5.11. The summed E-state index contributed by atoms with van der Waals surface area (Å²) in [5, 5.41) is -0.0525. The third-order valence-electron chi connectivity index (χ3n) is 1.23. The van der Waals surface area contributed by atoms with Gasteiger partial charge in [0, 0.05) is 6.20 Å². The molecule has 1 aromatic rings. The van der Waals surface area contributed by atoms with Crippen LogP contribution >= 0.6 is 23.2 Å². The monoisotopic (exact) mass is 189 g/mol. The van der Waals surface area contributed by atoms with Crippen molar-refractivity contribution in [3.63, 3.8) is 0 Å². The molecule has 1 rings (SSSR count). The average Bonchev–Trinajstić information content (AvgIpc) is 1.85. The molecule has 1 aromatic heterocycles. The minimum Gasteiger partial charge on any atom is -0.274 e. The molecule has 0 amide bonds. The lowest BCUT2D eigenvalue weighted by Crippen LogP contribution is -1.96. The predicted octanol–water partition coefficient (Wildman–Crippen LogP) is 2.42. The first-order valence-electron chi connectivity index (χ1n) is 2.93. The molecular weight excluding hydrogens is 185 g/mol. The standard InChI is InChI=1S/C7H5Cl2NO/c1-4-2-5(8)3-10-6(4)7(9)11/h2-3H,1H3. The first kappa shape index (κ1) is 8.50. The van der Waals surface area contributed by atoms with Crippen LogP contribution in [0.25, 0.3) is 0 Å². The number of aryl methyl sites for hydroxylation is 1. The predicted molar refractivity (Wildman–Crippen MR) is 44.2 cm³/mol. The Balaban J connectivity index is 3.20. The van der Waals surface area contributed by atoms with Crippen LogP contribution in [0, 0.1) is 6.92 Å². The minimum atomic E-state index is -0.556. The number of hydrogen-bond acceptors (Lipinski definition) is 2. The van der Waals surface area contributed by atoms with Crippen LogP contribution in [0.2, 0.25) is 5.02 Å². The highest BCUT2D eigenvalue weighted by atomic mass is 35.5. The van der Waals surface area contributed by atoms with Gasteiger partial charge in [0.2, 0.25) is 0 Å². The van der Waals surface area contributed by atoms with Crippen molar-refractivity contribution in [1.82, 2.24) is 4.98 Å². The van der Waals surface area contributed by atoms with Gasteiger partial charge in [-0.3, -0.25) is 4.79 Å². The van der Waals surface area contributed by atoms with Crippen molar-refractivity contribution in [3.8, 4) is 0 Å². The van der Waals surface area contributed by atoms with E-state index >= 15 is 0 Å². The molecule has 58 valence electrons. The third-order valence-corrected chi connectivity index (χ3v) is 1.62. The maximum Gasteiger partial charge on any atom is 0.271 e. The molecule has 0 N–H and O–H groups in total. The summed E-state index contributed by atoms with van der Waals surface area (Å²) in [6, 6.07) is 1.64. The van der Waals surface area contributed by atoms with Crippen LogP contribution in [0.3, 0.4) is 0 Å². The van der Waals surface area contributed by atoms with Crippen LogP contribution < -0.4 is 0 Å². The maximum atomic E-state index is 10.6. The summed E-state index contributed by atoms with van der Waals surface area (Å²) in [6.07, 6.45) is 1.39. The second-order valence-electron chi connectivity index (χ2n) is 2.09. The van der Waals surface area contributed by atoms with Crippen LogP contribution in [0.5, 0.6) is 0 Å². The van der Waals surface area contributed by atoms with Gasteiger partial charge in [0.1, 0.15) is 5.69 Å². The molecule has 1 heterocycles. The zero-order valence-corrected chi connectivity index (χ0v) is 7.28. The Hall–Kier alpha value is -0.600. The Morgan fingerprint density at radius 2 is 2.27 bits per heavy atom. The second-order valence-corrected chi connectivity index (χ2v) is 2.87. The number of rotatable bonds is 1. The number of carbonyl (C=O) groups is 1. The lowest BCUT2D eigenvalue weighted by atomic mass is 10.2. The van der Waals surface area contributed by atoms with E-state index in [0.717, 1.165) is 0 Å². The van der Waals surface area contributed by atoms with Gasteiger partial charge in [-0.2, -0.15) is 0 Å². The van der Waals surface area contributed by atoms with Gasteiger partial charge in [-0.05, 0) is 30.2 Å². The average molecular weight is 190 g/mol. The SMILES string of the molecule is Cc1cc(Cl)cnc1C(=O)Cl. The molecule has 0 unspecified atom stereocenters. The summed E-state index contributed by atoms with van der Waals surface area (Å²) in [6.45, 7) is 1.73. The van der Waals surface area contributed by atoms with E-state index in [-0.39, 0.29) is 5.69 Å². The highest BCUT2D eigenvalue weighted by Gasteiger charge is 2.06.